The van der Waals surface area contributed by atoms with Crippen LogP contribution in [0.25, 0.3) is 16.9 Å². The average Bonchev–Trinajstić information content (AvgIpc) is 3.10. The molecule has 29 heavy (non-hydrogen) atoms. The van der Waals surface area contributed by atoms with Crippen LogP contribution in [0.3, 0.4) is 0 Å². The van der Waals surface area contributed by atoms with Gasteiger partial charge in [-0.05, 0) is 29.7 Å². The molecule has 2 heterocycles. The fourth-order valence-corrected chi connectivity index (χ4v) is 4.10. The predicted molar refractivity (Wildman–Crippen MR) is 117 cm³/mol. The predicted octanol–water partition coefficient (Wildman–Crippen LogP) is 1.70. The number of rotatable bonds is 6. The molecule has 0 aliphatic heterocycles. The van der Waals surface area contributed by atoms with Gasteiger partial charge in [0, 0.05) is 30.1 Å². The van der Waals surface area contributed by atoms with Crippen molar-refractivity contribution < 1.29 is 8.42 Å². The number of benzene rings is 2. The summed E-state index contributed by atoms with van der Waals surface area (Å²) in [5, 5.41) is 7.74. The normalized spacial score (nSPS) is 11.6. The van der Waals surface area contributed by atoms with Gasteiger partial charge in [-0.25, -0.2) is 18.1 Å². The van der Waals surface area contributed by atoms with E-state index >= 15 is 0 Å². The van der Waals surface area contributed by atoms with Gasteiger partial charge in [0.15, 0.2) is 5.65 Å². The third-order valence-corrected chi connectivity index (χ3v) is 6.05. The van der Waals surface area contributed by atoms with E-state index in [9.17, 15) is 8.42 Å². The van der Waals surface area contributed by atoms with E-state index in [0.717, 1.165) is 33.9 Å². The Balaban J connectivity index is 1.72. The molecule has 146 valence electrons. The smallest absolute Gasteiger partial charge is 0.240 e. The first-order valence-corrected chi connectivity index (χ1v) is 10.7. The molecule has 0 spiro atoms. The number of hydrogen-bond acceptors (Lipinski definition) is 5. The Morgan fingerprint density at radius 3 is 2.48 bits per heavy atom. The second-order valence-corrected chi connectivity index (χ2v) is 8.37. The first-order valence-electron chi connectivity index (χ1n) is 9.25. The van der Waals surface area contributed by atoms with E-state index in [4.69, 9.17) is 4.98 Å². The molecule has 0 unspecified atom stereocenters. The molecule has 0 aliphatic carbocycles. The highest BCUT2D eigenvalue weighted by atomic mass is 32.2. The Kier molecular flexibility index (Phi) is 5.08. The van der Waals surface area contributed by atoms with Crippen LogP contribution in [0.5, 0.6) is 0 Å². The molecule has 2 aromatic carbocycles. The molecule has 2 aromatic heterocycles. The van der Waals surface area contributed by atoms with E-state index in [1.807, 2.05) is 44.2 Å². The van der Waals surface area contributed by atoms with Crippen molar-refractivity contribution in [2.75, 3.05) is 11.9 Å². The summed E-state index contributed by atoms with van der Waals surface area (Å²) in [6.45, 7) is 2.09. The molecule has 7 nitrogen and oxygen atoms in total. The van der Waals surface area contributed by atoms with E-state index in [-0.39, 0.29) is 4.90 Å². The van der Waals surface area contributed by atoms with Crippen LogP contribution in [-0.2, 0) is 10.0 Å². The van der Waals surface area contributed by atoms with Gasteiger partial charge in [0.2, 0.25) is 10.0 Å². The van der Waals surface area contributed by atoms with Gasteiger partial charge in [0.1, 0.15) is 13.7 Å². The number of sulfonamides is 1. The van der Waals surface area contributed by atoms with Crippen molar-refractivity contribution in [2.24, 2.45) is 0 Å². The fraction of sp³-hybridized carbons (Fsp3) is 0.100. The lowest BCUT2D eigenvalue weighted by Gasteiger charge is -2.12. The Morgan fingerprint density at radius 1 is 1.07 bits per heavy atom. The summed E-state index contributed by atoms with van der Waals surface area (Å²) in [6, 6.07) is 18.5. The second kappa shape index (κ2) is 7.69. The first-order chi connectivity index (χ1) is 14.0. The van der Waals surface area contributed by atoms with Crippen molar-refractivity contribution >= 4 is 40.5 Å². The van der Waals surface area contributed by atoms with Crippen molar-refractivity contribution in [2.45, 2.75) is 11.8 Å². The highest BCUT2D eigenvalue weighted by Gasteiger charge is 2.13. The molecule has 0 fully saturated rings. The summed E-state index contributed by atoms with van der Waals surface area (Å²) in [4.78, 5) is 4.97. The lowest BCUT2D eigenvalue weighted by Crippen LogP contribution is -2.22. The zero-order chi connectivity index (χ0) is 20.4. The summed E-state index contributed by atoms with van der Waals surface area (Å²) >= 11 is 0. The summed E-state index contributed by atoms with van der Waals surface area (Å²) in [7, 11) is -1.51. The van der Waals surface area contributed by atoms with Gasteiger partial charge in [-0.2, -0.15) is 9.61 Å². The largest absolute Gasteiger partial charge is 0.340 e. The Hall–Kier alpha value is -3.17. The SMILES string of the molecule is Bc1cnn2c(Nc3ccc(S(=O)(=O)NCC)cc3)cc(-c3ccccc3)nc12. The van der Waals surface area contributed by atoms with Crippen molar-refractivity contribution in [3.05, 3.63) is 66.9 Å². The van der Waals surface area contributed by atoms with Gasteiger partial charge < -0.3 is 5.32 Å². The van der Waals surface area contributed by atoms with Crippen LogP contribution in [0.1, 0.15) is 6.92 Å². The zero-order valence-electron chi connectivity index (χ0n) is 16.1. The topological polar surface area (TPSA) is 88.4 Å². The number of nitrogens with zero attached hydrogens (tertiary/aromatic N) is 3. The second-order valence-electron chi connectivity index (χ2n) is 6.61. The van der Waals surface area contributed by atoms with Crippen molar-refractivity contribution in [3.8, 4) is 11.3 Å². The Labute approximate surface area is 170 Å². The van der Waals surface area contributed by atoms with Crippen LogP contribution in [0.15, 0.2) is 71.8 Å². The molecule has 9 heteroatoms. The van der Waals surface area contributed by atoms with Gasteiger partial charge in [-0.15, -0.1) is 0 Å². The maximum absolute atomic E-state index is 12.1. The van der Waals surface area contributed by atoms with Crippen LogP contribution in [-0.4, -0.2) is 37.4 Å². The minimum Gasteiger partial charge on any atom is -0.340 e. The minimum absolute atomic E-state index is 0.227. The Bertz CT molecular complexity index is 1260. The highest BCUT2D eigenvalue weighted by Crippen LogP contribution is 2.24. The number of nitrogens with one attached hydrogen (secondary N) is 2. The number of hydrogen-bond donors (Lipinski definition) is 2. The summed E-state index contributed by atoms with van der Waals surface area (Å²) in [5.74, 6) is 0.740. The highest BCUT2D eigenvalue weighted by molar-refractivity contribution is 7.89. The maximum atomic E-state index is 12.1. The first kappa shape index (κ1) is 19.2. The number of fused-ring (bicyclic) bond motifs is 1. The standard InChI is InChI=1S/C20H20BN5O2S/c1-2-23-29(27,28)16-10-8-15(9-11-16)24-19-12-18(14-6-4-3-5-7-14)25-20-17(21)13-22-26(19)20/h3-13,23-24H,2,21H2,1H3. The lowest BCUT2D eigenvalue weighted by molar-refractivity contribution is 0.584. The molecule has 4 aromatic rings. The van der Waals surface area contributed by atoms with Crippen molar-refractivity contribution in [3.63, 3.8) is 0 Å². The van der Waals surface area contributed by atoms with E-state index in [0.29, 0.717) is 6.54 Å². The van der Waals surface area contributed by atoms with Crippen LogP contribution in [0.2, 0.25) is 0 Å². The minimum atomic E-state index is -3.48. The zero-order valence-corrected chi connectivity index (χ0v) is 16.9. The van der Waals surface area contributed by atoms with Crippen LogP contribution in [0, 0.1) is 0 Å². The molecule has 4 rings (SSSR count). The quantitative estimate of drug-likeness (QED) is 0.477. The van der Waals surface area contributed by atoms with Crippen molar-refractivity contribution in [1.82, 2.24) is 19.3 Å². The van der Waals surface area contributed by atoms with Crippen LogP contribution in [0.4, 0.5) is 11.5 Å². The third-order valence-electron chi connectivity index (χ3n) is 4.49. The van der Waals surface area contributed by atoms with Gasteiger partial charge in [-0.3, -0.25) is 0 Å². The molecule has 0 bridgehead atoms. The maximum Gasteiger partial charge on any atom is 0.240 e. The van der Waals surface area contributed by atoms with Crippen LogP contribution < -0.4 is 15.5 Å². The van der Waals surface area contributed by atoms with Gasteiger partial charge in [0.05, 0.1) is 10.6 Å². The molecule has 0 saturated heterocycles. The molecule has 0 saturated carbocycles. The number of anilines is 2. The van der Waals surface area contributed by atoms with E-state index in [1.54, 1.807) is 41.9 Å². The average molecular weight is 405 g/mol. The molecule has 0 radical (unpaired) electrons. The van der Waals surface area contributed by atoms with Gasteiger partial charge in [-0.1, -0.05) is 37.3 Å². The fourth-order valence-electron chi connectivity index (χ4n) is 3.06. The van der Waals surface area contributed by atoms with Gasteiger partial charge in [0.25, 0.3) is 0 Å². The van der Waals surface area contributed by atoms with E-state index < -0.39 is 10.0 Å². The summed E-state index contributed by atoms with van der Waals surface area (Å²) in [5.41, 5.74) is 4.32. The summed E-state index contributed by atoms with van der Waals surface area (Å²) < 4.78 is 28.5. The molecule has 0 atom stereocenters. The lowest BCUT2D eigenvalue weighted by atomic mass is 10.0. The van der Waals surface area contributed by atoms with Crippen LogP contribution >= 0.6 is 0 Å². The molecule has 0 aliphatic rings. The summed E-state index contributed by atoms with van der Waals surface area (Å²) in [6.07, 6.45) is 1.77. The number of aromatic nitrogens is 3. The third kappa shape index (κ3) is 3.87. The molecular formula is C20H20BN5O2S. The van der Waals surface area contributed by atoms with Gasteiger partial charge >= 0.3 is 0 Å². The van der Waals surface area contributed by atoms with E-state index in [2.05, 4.69) is 15.1 Å². The van der Waals surface area contributed by atoms with E-state index in [1.165, 1.54) is 0 Å². The molecule has 0 amide bonds. The molecule has 2 N–H and O–H groups in total. The van der Waals surface area contributed by atoms with Crippen molar-refractivity contribution in [1.29, 1.82) is 0 Å². The Morgan fingerprint density at radius 2 is 1.79 bits per heavy atom. The monoisotopic (exact) mass is 405 g/mol. The molecular weight excluding hydrogens is 385 g/mol.